The highest BCUT2D eigenvalue weighted by Crippen LogP contribution is 2.42. The maximum atomic E-state index is 13.7. The summed E-state index contributed by atoms with van der Waals surface area (Å²) in [6, 6.07) is 12.7. The van der Waals surface area contributed by atoms with E-state index in [1.54, 1.807) is 17.0 Å². The average molecular weight is 533 g/mol. The molecule has 1 atom stereocenters. The Hall–Kier alpha value is -3.52. The molecule has 0 fully saturated rings. The van der Waals surface area contributed by atoms with Gasteiger partial charge in [0.2, 0.25) is 0 Å². The highest BCUT2D eigenvalue weighted by molar-refractivity contribution is 6.61. The monoisotopic (exact) mass is 533 g/mol. The lowest BCUT2D eigenvalue weighted by molar-refractivity contribution is -0.385. The number of amides is 1. The molecule has 8 nitrogen and oxygen atoms in total. The smallest absolute Gasteiger partial charge is 0.270 e. The third kappa shape index (κ3) is 4.98. The Morgan fingerprint density at radius 3 is 2.46 bits per heavy atom. The predicted octanol–water partition coefficient (Wildman–Crippen LogP) is 3.12. The molecule has 13 heteroatoms. The Bertz CT molecular complexity index is 1510. The van der Waals surface area contributed by atoms with Crippen LogP contribution >= 0.6 is 11.6 Å². The Balaban J connectivity index is 1.52. The number of alkyl halides is 1. The van der Waals surface area contributed by atoms with E-state index in [-0.39, 0.29) is 40.3 Å². The van der Waals surface area contributed by atoms with Crippen LogP contribution in [-0.2, 0) is 16.5 Å². The second-order valence-corrected chi connectivity index (χ2v) is 10.4. The summed E-state index contributed by atoms with van der Waals surface area (Å²) in [5.41, 5.74) is 3.62. The van der Waals surface area contributed by atoms with Crippen molar-refractivity contribution in [1.82, 2.24) is 0 Å². The number of nitro benzene ring substituents is 1. The molecular weight excluding hydrogens is 513 g/mol. The summed E-state index contributed by atoms with van der Waals surface area (Å²) in [6.07, 6.45) is 0.721. The number of non-ortho nitro benzene ring substituents is 1. The van der Waals surface area contributed by atoms with Gasteiger partial charge in [0.05, 0.1) is 50.4 Å². The first kappa shape index (κ1) is 27.1. The number of nitrogens with one attached hydrogen (secondary N) is 1. The zero-order valence-corrected chi connectivity index (χ0v) is 22.0. The fourth-order valence-corrected chi connectivity index (χ4v) is 5.09. The Labute approximate surface area is 236 Å². The molecule has 3 aromatic carbocycles. The Morgan fingerprint density at radius 1 is 1.08 bits per heavy atom. The first-order chi connectivity index (χ1) is 18.3. The second-order valence-electron chi connectivity index (χ2n) is 9.78. The van der Waals surface area contributed by atoms with Crippen LogP contribution in [0.4, 0.5) is 17.1 Å². The van der Waals surface area contributed by atoms with Crippen molar-refractivity contribution in [3.05, 3.63) is 86.5 Å². The van der Waals surface area contributed by atoms with E-state index in [0.717, 1.165) is 35.4 Å². The van der Waals surface area contributed by atoms with Gasteiger partial charge in [0, 0.05) is 30.4 Å². The SMILES string of the molecule is [B]C([B])(Cl)c1cc([N+](=O)[O-])cc(C([B])([B])Oc2cc3c(cc2OC)C(=O)N2c4ccc(C)cc4C[C@H]2CN3)c1. The second kappa shape index (κ2) is 9.59. The molecule has 1 amide bonds. The molecule has 0 bridgehead atoms. The molecule has 39 heavy (non-hydrogen) atoms. The van der Waals surface area contributed by atoms with Crippen LogP contribution in [0, 0.1) is 17.0 Å². The maximum absolute atomic E-state index is 13.7. The highest BCUT2D eigenvalue weighted by atomic mass is 35.5. The zero-order valence-electron chi connectivity index (χ0n) is 21.2. The van der Waals surface area contributed by atoms with Gasteiger partial charge in [-0.15, -0.1) is 11.6 Å². The van der Waals surface area contributed by atoms with Gasteiger partial charge in [-0.3, -0.25) is 14.9 Å². The summed E-state index contributed by atoms with van der Waals surface area (Å²) in [4.78, 5) is 26.4. The van der Waals surface area contributed by atoms with Gasteiger partial charge in [0.25, 0.3) is 11.6 Å². The normalized spacial score (nSPS) is 16.4. The van der Waals surface area contributed by atoms with Crippen LogP contribution in [0.3, 0.4) is 0 Å². The molecule has 0 aromatic heterocycles. The molecule has 188 valence electrons. The van der Waals surface area contributed by atoms with Crippen LogP contribution < -0.4 is 19.7 Å². The summed E-state index contributed by atoms with van der Waals surface area (Å²) in [5, 5.41) is 12.7. The Morgan fingerprint density at radius 2 is 1.79 bits per heavy atom. The number of methoxy groups -OCH3 is 1. The molecule has 2 aliphatic rings. The molecule has 5 rings (SSSR count). The number of nitro groups is 1. The number of benzene rings is 3. The van der Waals surface area contributed by atoms with Crippen molar-refractivity contribution in [3.63, 3.8) is 0 Å². The molecule has 2 heterocycles. The van der Waals surface area contributed by atoms with Gasteiger partial charge in [-0.1, -0.05) is 23.8 Å². The number of anilines is 2. The van der Waals surface area contributed by atoms with Gasteiger partial charge < -0.3 is 19.7 Å². The molecule has 0 aliphatic carbocycles. The van der Waals surface area contributed by atoms with Crippen LogP contribution in [-0.4, -0.2) is 61.9 Å². The summed E-state index contributed by atoms with van der Waals surface area (Å²) < 4.78 is 9.53. The van der Waals surface area contributed by atoms with E-state index in [2.05, 4.69) is 11.4 Å². The summed E-state index contributed by atoms with van der Waals surface area (Å²) in [6.45, 7) is 2.51. The molecule has 1 N–H and O–H groups in total. The number of carbonyl (C=O) groups excluding carboxylic acids is 1. The van der Waals surface area contributed by atoms with Crippen molar-refractivity contribution in [1.29, 1.82) is 0 Å². The number of hydrogen-bond donors (Lipinski definition) is 1. The standard InChI is InChI=1S/C26H20B4ClN3O5/c1-13-3-4-21-14(5-13)6-18-12-32-20-11-23(22(38-2)10-19(20)24(35)33(18)21)39-26(29,30)16-7-15(25(27,28)31)8-17(9-16)34(36)37/h3-5,7-11,18,32H,6,12H2,1-2H3/t18-/m0/s1. The number of aryl methyl sites for hydroxylation is 1. The molecule has 8 radical (unpaired) electrons. The van der Waals surface area contributed by atoms with Gasteiger partial charge in [-0.25, -0.2) is 0 Å². The van der Waals surface area contributed by atoms with E-state index in [9.17, 15) is 14.9 Å². The van der Waals surface area contributed by atoms with Gasteiger partial charge in [0.1, 0.15) is 15.7 Å². The number of halogens is 1. The first-order valence-electron chi connectivity index (χ1n) is 12.0. The van der Waals surface area contributed by atoms with Gasteiger partial charge in [-0.2, -0.15) is 0 Å². The van der Waals surface area contributed by atoms with Gasteiger partial charge in [0.15, 0.2) is 11.5 Å². The summed E-state index contributed by atoms with van der Waals surface area (Å²) in [7, 11) is 25.5. The molecule has 2 aliphatic heterocycles. The first-order valence-corrected chi connectivity index (χ1v) is 12.4. The molecule has 0 saturated heterocycles. The van der Waals surface area contributed by atoms with E-state index in [0.29, 0.717) is 17.8 Å². The topological polar surface area (TPSA) is 93.9 Å². The lowest BCUT2D eigenvalue weighted by Crippen LogP contribution is -2.39. The maximum Gasteiger partial charge on any atom is 0.270 e. The minimum absolute atomic E-state index is 0.00876. The molecular formula is C26H20B4ClN3O5. The lowest BCUT2D eigenvalue weighted by atomic mass is 9.59. The summed E-state index contributed by atoms with van der Waals surface area (Å²) >= 11 is 6.00. The zero-order chi connectivity index (χ0) is 28.3. The number of carbonyl (C=O) groups is 1. The van der Waals surface area contributed by atoms with Crippen LogP contribution in [0.5, 0.6) is 11.5 Å². The third-order valence-electron chi connectivity index (χ3n) is 6.90. The highest BCUT2D eigenvalue weighted by Gasteiger charge is 2.38. The predicted molar refractivity (Wildman–Crippen MR) is 153 cm³/mol. The minimum Gasteiger partial charge on any atom is -0.499 e. The average Bonchev–Trinajstić information content (AvgIpc) is 3.17. The van der Waals surface area contributed by atoms with Crippen molar-refractivity contribution in [2.75, 3.05) is 23.9 Å². The molecule has 3 aromatic rings. The van der Waals surface area contributed by atoms with Crippen LogP contribution in [0.1, 0.15) is 32.6 Å². The van der Waals surface area contributed by atoms with Crippen molar-refractivity contribution < 1.29 is 19.2 Å². The van der Waals surface area contributed by atoms with E-state index in [1.807, 2.05) is 19.1 Å². The van der Waals surface area contributed by atoms with E-state index in [4.69, 9.17) is 52.5 Å². The summed E-state index contributed by atoms with van der Waals surface area (Å²) in [5.74, 6) is 0.0955. The van der Waals surface area contributed by atoms with Crippen molar-refractivity contribution in [3.8, 4) is 11.5 Å². The largest absolute Gasteiger partial charge is 0.499 e. The minimum atomic E-state index is -2.10. The number of hydrogen-bond acceptors (Lipinski definition) is 6. The van der Waals surface area contributed by atoms with Crippen LogP contribution in [0.15, 0.2) is 48.5 Å². The number of rotatable bonds is 6. The van der Waals surface area contributed by atoms with E-state index < -0.39 is 15.0 Å². The number of nitrogens with zero attached hydrogens (tertiary/aromatic N) is 2. The van der Waals surface area contributed by atoms with E-state index in [1.165, 1.54) is 13.2 Å². The van der Waals surface area contributed by atoms with Crippen LogP contribution in [0.2, 0.25) is 0 Å². The van der Waals surface area contributed by atoms with E-state index >= 15 is 0 Å². The molecule has 0 saturated carbocycles. The lowest BCUT2D eigenvalue weighted by Gasteiger charge is -2.31. The van der Waals surface area contributed by atoms with Gasteiger partial charge in [-0.05, 0) is 46.8 Å². The Kier molecular flexibility index (Phi) is 6.66. The third-order valence-corrected chi connectivity index (χ3v) is 7.12. The van der Waals surface area contributed by atoms with Crippen molar-refractivity contribution in [2.24, 2.45) is 0 Å². The van der Waals surface area contributed by atoms with Crippen molar-refractivity contribution >= 4 is 66.0 Å². The van der Waals surface area contributed by atoms with Crippen LogP contribution in [0.25, 0.3) is 0 Å². The molecule has 0 unspecified atom stereocenters. The van der Waals surface area contributed by atoms with Crippen molar-refractivity contribution in [2.45, 2.75) is 29.5 Å². The fourth-order valence-electron chi connectivity index (χ4n) is 4.98. The molecule has 0 spiro atoms. The fraction of sp³-hybridized carbons (Fsp3) is 0.269. The number of fused-ring (bicyclic) bond motifs is 4. The van der Waals surface area contributed by atoms with Gasteiger partial charge >= 0.3 is 0 Å². The number of ether oxygens (including phenoxy) is 2. The quantitative estimate of drug-likeness (QED) is 0.227.